The molecule has 0 radical (unpaired) electrons. The zero-order valence-corrected chi connectivity index (χ0v) is 18.3. The molecule has 3 rings (SSSR count). The van der Waals surface area contributed by atoms with Gasteiger partial charge in [-0.1, -0.05) is 36.4 Å². The van der Waals surface area contributed by atoms with E-state index in [1.54, 1.807) is 50.8 Å². The lowest BCUT2D eigenvalue weighted by molar-refractivity contribution is 0.102. The molecule has 8 heteroatoms. The Morgan fingerprint density at radius 3 is 2.47 bits per heavy atom. The van der Waals surface area contributed by atoms with Crippen molar-refractivity contribution in [2.75, 3.05) is 5.32 Å². The normalized spacial score (nSPS) is 12.0. The van der Waals surface area contributed by atoms with Gasteiger partial charge in [-0.05, 0) is 51.0 Å². The summed E-state index contributed by atoms with van der Waals surface area (Å²) in [6.45, 7) is 7.64. The van der Waals surface area contributed by atoms with E-state index in [2.05, 4.69) is 15.1 Å². The molecule has 3 aromatic rings. The topological polar surface area (TPSA) is 93.1 Å². The average molecular weight is 427 g/mol. The second kappa shape index (κ2) is 8.41. The largest absolute Gasteiger partial charge is 0.319 e. The van der Waals surface area contributed by atoms with Crippen molar-refractivity contribution in [1.29, 1.82) is 0 Å². The lowest BCUT2D eigenvalue weighted by Crippen LogP contribution is -2.40. The standard InChI is InChI=1S/C22H26N4O3S/c1-16-10-11-19(30(28,29)25-22(2,3)4)12-20(16)21(27)24-18-13-23-26(15-18)14-17-8-6-5-7-9-17/h5-13,15,25H,14H2,1-4H3,(H,24,27). The van der Waals surface area contributed by atoms with Gasteiger partial charge in [0.2, 0.25) is 10.0 Å². The van der Waals surface area contributed by atoms with Crippen LogP contribution in [0.5, 0.6) is 0 Å². The van der Waals surface area contributed by atoms with Gasteiger partial charge in [-0.15, -0.1) is 0 Å². The minimum Gasteiger partial charge on any atom is -0.319 e. The lowest BCUT2D eigenvalue weighted by Gasteiger charge is -2.20. The number of amides is 1. The van der Waals surface area contributed by atoms with E-state index in [-0.39, 0.29) is 10.8 Å². The monoisotopic (exact) mass is 426 g/mol. The molecule has 158 valence electrons. The number of nitrogens with zero attached hydrogens (tertiary/aromatic N) is 2. The zero-order valence-electron chi connectivity index (χ0n) is 17.5. The summed E-state index contributed by atoms with van der Waals surface area (Å²) in [6, 6.07) is 14.4. The highest BCUT2D eigenvalue weighted by Gasteiger charge is 2.23. The minimum atomic E-state index is -3.74. The Morgan fingerprint density at radius 2 is 1.80 bits per heavy atom. The Balaban J connectivity index is 1.77. The van der Waals surface area contributed by atoms with Gasteiger partial charge in [0.25, 0.3) is 5.91 Å². The summed E-state index contributed by atoms with van der Waals surface area (Å²) in [4.78, 5) is 12.9. The van der Waals surface area contributed by atoms with Crippen LogP contribution >= 0.6 is 0 Å². The van der Waals surface area contributed by atoms with Gasteiger partial charge >= 0.3 is 0 Å². The van der Waals surface area contributed by atoms with Crippen molar-refractivity contribution in [3.05, 3.63) is 77.6 Å². The van der Waals surface area contributed by atoms with E-state index in [0.717, 1.165) is 5.56 Å². The van der Waals surface area contributed by atoms with E-state index in [1.807, 2.05) is 30.3 Å². The molecule has 1 aromatic heterocycles. The van der Waals surface area contributed by atoms with Crippen molar-refractivity contribution in [1.82, 2.24) is 14.5 Å². The Hall–Kier alpha value is -2.97. The molecule has 0 aliphatic carbocycles. The van der Waals surface area contributed by atoms with E-state index in [0.29, 0.717) is 23.4 Å². The van der Waals surface area contributed by atoms with Crippen LogP contribution in [0, 0.1) is 6.92 Å². The molecular formula is C22H26N4O3S. The number of rotatable bonds is 6. The van der Waals surface area contributed by atoms with Crippen LogP contribution in [0.1, 0.15) is 42.3 Å². The number of sulfonamides is 1. The number of benzene rings is 2. The highest BCUT2D eigenvalue weighted by Crippen LogP contribution is 2.19. The van der Waals surface area contributed by atoms with Gasteiger partial charge in [-0.25, -0.2) is 13.1 Å². The predicted molar refractivity (Wildman–Crippen MR) is 117 cm³/mol. The van der Waals surface area contributed by atoms with E-state index in [1.165, 1.54) is 12.1 Å². The number of anilines is 1. The fourth-order valence-electron chi connectivity index (χ4n) is 2.96. The van der Waals surface area contributed by atoms with Crippen LogP contribution in [-0.4, -0.2) is 29.6 Å². The molecule has 0 spiro atoms. The number of hydrogen-bond donors (Lipinski definition) is 2. The van der Waals surface area contributed by atoms with E-state index in [9.17, 15) is 13.2 Å². The van der Waals surface area contributed by atoms with Crippen molar-refractivity contribution in [3.63, 3.8) is 0 Å². The second-order valence-electron chi connectivity index (χ2n) is 8.20. The second-order valence-corrected chi connectivity index (χ2v) is 9.88. The highest BCUT2D eigenvalue weighted by atomic mass is 32.2. The zero-order chi connectivity index (χ0) is 21.9. The van der Waals surface area contributed by atoms with Gasteiger partial charge in [-0.3, -0.25) is 9.48 Å². The third kappa shape index (κ3) is 5.55. The summed E-state index contributed by atoms with van der Waals surface area (Å²) in [7, 11) is -3.74. The van der Waals surface area contributed by atoms with Gasteiger partial charge in [0.05, 0.1) is 23.3 Å². The van der Waals surface area contributed by atoms with Crippen LogP contribution < -0.4 is 10.0 Å². The number of hydrogen-bond acceptors (Lipinski definition) is 4. The molecule has 0 bridgehead atoms. The molecule has 0 atom stereocenters. The Bertz CT molecular complexity index is 1150. The molecule has 1 heterocycles. The Morgan fingerprint density at radius 1 is 1.10 bits per heavy atom. The first-order valence-electron chi connectivity index (χ1n) is 9.56. The van der Waals surface area contributed by atoms with Crippen molar-refractivity contribution in [3.8, 4) is 0 Å². The minimum absolute atomic E-state index is 0.0490. The maximum Gasteiger partial charge on any atom is 0.256 e. The maximum absolute atomic E-state index is 12.8. The van der Waals surface area contributed by atoms with E-state index >= 15 is 0 Å². The third-order valence-corrected chi connectivity index (χ3v) is 6.04. The summed E-state index contributed by atoms with van der Waals surface area (Å²) < 4.78 is 29.6. The van der Waals surface area contributed by atoms with Crippen molar-refractivity contribution < 1.29 is 13.2 Å². The molecule has 0 saturated carbocycles. The summed E-state index contributed by atoms with van der Waals surface area (Å²) in [5, 5.41) is 7.07. The third-order valence-electron chi connectivity index (χ3n) is 4.28. The molecular weight excluding hydrogens is 400 g/mol. The molecule has 2 aromatic carbocycles. The van der Waals surface area contributed by atoms with E-state index < -0.39 is 15.6 Å². The van der Waals surface area contributed by atoms with Gasteiger partial charge in [0.1, 0.15) is 0 Å². The molecule has 30 heavy (non-hydrogen) atoms. The number of aromatic nitrogens is 2. The summed E-state index contributed by atoms with van der Waals surface area (Å²) in [5.74, 6) is -0.389. The fourth-order valence-corrected chi connectivity index (χ4v) is 4.40. The molecule has 2 N–H and O–H groups in total. The van der Waals surface area contributed by atoms with Crippen LogP contribution in [0.25, 0.3) is 0 Å². The van der Waals surface area contributed by atoms with Gasteiger partial charge < -0.3 is 5.32 Å². The molecule has 0 unspecified atom stereocenters. The summed E-state index contributed by atoms with van der Waals surface area (Å²) in [6.07, 6.45) is 3.31. The quantitative estimate of drug-likeness (QED) is 0.630. The summed E-state index contributed by atoms with van der Waals surface area (Å²) in [5.41, 5.74) is 1.98. The van der Waals surface area contributed by atoms with Crippen LogP contribution in [0.4, 0.5) is 5.69 Å². The molecule has 7 nitrogen and oxygen atoms in total. The van der Waals surface area contributed by atoms with Crippen LogP contribution in [-0.2, 0) is 16.6 Å². The Kier molecular flexibility index (Phi) is 6.09. The van der Waals surface area contributed by atoms with Gasteiger partial charge in [-0.2, -0.15) is 5.10 Å². The average Bonchev–Trinajstić information content (AvgIpc) is 3.07. The molecule has 0 aliphatic rings. The molecule has 1 amide bonds. The fraction of sp³-hybridized carbons (Fsp3) is 0.273. The van der Waals surface area contributed by atoms with Crippen LogP contribution in [0.2, 0.25) is 0 Å². The van der Waals surface area contributed by atoms with Crippen LogP contribution in [0.3, 0.4) is 0 Å². The molecule has 0 fully saturated rings. The molecule has 0 aliphatic heterocycles. The van der Waals surface area contributed by atoms with Crippen LogP contribution in [0.15, 0.2) is 65.8 Å². The van der Waals surface area contributed by atoms with Gasteiger partial charge in [0.15, 0.2) is 0 Å². The van der Waals surface area contributed by atoms with Gasteiger partial charge in [0, 0.05) is 17.3 Å². The Labute approximate surface area is 177 Å². The first-order valence-corrected chi connectivity index (χ1v) is 11.0. The SMILES string of the molecule is Cc1ccc(S(=O)(=O)NC(C)(C)C)cc1C(=O)Nc1cnn(Cc2ccccc2)c1. The number of carbonyl (C=O) groups excluding carboxylic acids is 1. The highest BCUT2D eigenvalue weighted by molar-refractivity contribution is 7.89. The first-order chi connectivity index (χ1) is 14.0. The summed E-state index contributed by atoms with van der Waals surface area (Å²) >= 11 is 0. The maximum atomic E-state index is 12.8. The molecule has 0 saturated heterocycles. The predicted octanol–water partition coefficient (Wildman–Crippen LogP) is 3.57. The van der Waals surface area contributed by atoms with E-state index in [4.69, 9.17) is 0 Å². The number of aryl methyl sites for hydroxylation is 1. The smallest absolute Gasteiger partial charge is 0.256 e. The van der Waals surface area contributed by atoms with Crippen molar-refractivity contribution >= 4 is 21.6 Å². The van der Waals surface area contributed by atoms with Crippen molar-refractivity contribution in [2.24, 2.45) is 0 Å². The number of nitrogens with one attached hydrogen (secondary N) is 2. The van der Waals surface area contributed by atoms with Crippen molar-refractivity contribution in [2.45, 2.75) is 44.7 Å². The first kappa shape index (κ1) is 21.7. The number of carbonyl (C=O) groups is 1. The lowest BCUT2D eigenvalue weighted by atomic mass is 10.1.